The van der Waals surface area contributed by atoms with E-state index < -0.39 is 6.04 Å². The van der Waals surface area contributed by atoms with E-state index in [0.717, 1.165) is 11.1 Å². The second-order valence-corrected chi connectivity index (χ2v) is 7.04. The van der Waals surface area contributed by atoms with E-state index in [-0.39, 0.29) is 11.5 Å². The summed E-state index contributed by atoms with van der Waals surface area (Å²) in [6, 6.07) is 18.2. The second kappa shape index (κ2) is 7.17. The van der Waals surface area contributed by atoms with Gasteiger partial charge in [0, 0.05) is 16.6 Å². The third-order valence-corrected chi connectivity index (χ3v) is 5.33. The molecule has 4 aromatic rings. The van der Waals surface area contributed by atoms with Gasteiger partial charge < -0.3 is 5.32 Å². The second-order valence-electron chi connectivity index (χ2n) is 6.18. The van der Waals surface area contributed by atoms with Crippen LogP contribution in [0.25, 0.3) is 21.3 Å². The standard InChI is InChI=1S/C21H17N3O2S/c1-14(19(25)23-16-10-6-3-7-11-16)24-13-22-20-18(21(24)26)17(12-27-20)15-8-4-2-5-9-15/h2-14H,1H3,(H,23,25)/t14-/m1/s1. The average Bonchev–Trinajstić information content (AvgIpc) is 3.14. The number of nitrogens with zero attached hydrogens (tertiary/aromatic N) is 2. The first-order valence-corrected chi connectivity index (χ1v) is 9.43. The van der Waals surface area contributed by atoms with Gasteiger partial charge in [-0.3, -0.25) is 14.2 Å². The van der Waals surface area contributed by atoms with Crippen molar-refractivity contribution in [2.24, 2.45) is 0 Å². The molecule has 2 aromatic carbocycles. The summed E-state index contributed by atoms with van der Waals surface area (Å²) in [6.07, 6.45) is 1.45. The normalized spacial score (nSPS) is 12.0. The number of carbonyl (C=O) groups is 1. The number of hydrogen-bond donors (Lipinski definition) is 1. The molecule has 0 aliphatic carbocycles. The molecule has 5 nitrogen and oxygen atoms in total. The van der Waals surface area contributed by atoms with Crippen molar-refractivity contribution in [3.8, 4) is 11.1 Å². The average molecular weight is 375 g/mol. The van der Waals surface area contributed by atoms with E-state index in [9.17, 15) is 9.59 Å². The maximum absolute atomic E-state index is 13.1. The van der Waals surface area contributed by atoms with Gasteiger partial charge in [0.1, 0.15) is 10.9 Å². The molecule has 0 bridgehead atoms. The fourth-order valence-electron chi connectivity index (χ4n) is 2.95. The Morgan fingerprint density at radius 3 is 2.44 bits per heavy atom. The summed E-state index contributed by atoms with van der Waals surface area (Å²) in [6.45, 7) is 1.70. The molecule has 0 saturated heterocycles. The topological polar surface area (TPSA) is 64.0 Å². The Labute approximate surface area is 159 Å². The summed E-state index contributed by atoms with van der Waals surface area (Å²) in [4.78, 5) is 30.8. The van der Waals surface area contributed by atoms with Crippen molar-refractivity contribution in [2.75, 3.05) is 5.32 Å². The first-order chi connectivity index (χ1) is 13.1. The highest BCUT2D eigenvalue weighted by molar-refractivity contribution is 7.17. The van der Waals surface area contributed by atoms with E-state index >= 15 is 0 Å². The predicted octanol–water partition coefficient (Wildman–Crippen LogP) is 4.32. The Bertz CT molecular complexity index is 1150. The molecule has 1 amide bonds. The number of nitrogens with one attached hydrogen (secondary N) is 1. The van der Waals surface area contributed by atoms with Gasteiger partial charge in [-0.15, -0.1) is 11.3 Å². The number of anilines is 1. The van der Waals surface area contributed by atoms with E-state index in [4.69, 9.17) is 0 Å². The van der Waals surface area contributed by atoms with Crippen LogP contribution >= 0.6 is 11.3 Å². The minimum atomic E-state index is -0.682. The Hall–Kier alpha value is -3.25. The third kappa shape index (κ3) is 3.27. The Kier molecular flexibility index (Phi) is 4.56. The van der Waals surface area contributed by atoms with E-state index in [0.29, 0.717) is 15.9 Å². The minimum absolute atomic E-state index is 0.212. The number of amides is 1. The molecule has 0 fully saturated rings. The largest absolute Gasteiger partial charge is 0.324 e. The molecule has 1 N–H and O–H groups in total. The third-order valence-electron chi connectivity index (χ3n) is 4.44. The number of carbonyl (C=O) groups excluding carboxylic acids is 1. The molecule has 0 spiro atoms. The lowest BCUT2D eigenvalue weighted by atomic mass is 10.1. The molecule has 0 saturated carbocycles. The zero-order chi connectivity index (χ0) is 18.8. The van der Waals surface area contributed by atoms with Gasteiger partial charge >= 0.3 is 0 Å². The van der Waals surface area contributed by atoms with Crippen LogP contribution in [-0.4, -0.2) is 15.5 Å². The van der Waals surface area contributed by atoms with Crippen molar-refractivity contribution in [1.29, 1.82) is 0 Å². The van der Waals surface area contributed by atoms with E-state index in [1.165, 1.54) is 22.2 Å². The van der Waals surface area contributed by atoms with Crippen molar-refractivity contribution in [2.45, 2.75) is 13.0 Å². The lowest BCUT2D eigenvalue weighted by Crippen LogP contribution is -2.31. The molecule has 4 rings (SSSR count). The van der Waals surface area contributed by atoms with Crippen LogP contribution in [0, 0.1) is 0 Å². The maximum Gasteiger partial charge on any atom is 0.263 e. The van der Waals surface area contributed by atoms with Gasteiger partial charge in [-0.2, -0.15) is 0 Å². The smallest absolute Gasteiger partial charge is 0.263 e. The molecule has 0 radical (unpaired) electrons. The number of fused-ring (bicyclic) bond motifs is 1. The van der Waals surface area contributed by atoms with Crippen molar-refractivity contribution in [3.05, 3.63) is 82.7 Å². The summed E-state index contributed by atoms with van der Waals surface area (Å²) in [7, 11) is 0. The van der Waals surface area contributed by atoms with Crippen molar-refractivity contribution >= 4 is 33.1 Å². The number of rotatable bonds is 4. The van der Waals surface area contributed by atoms with Gasteiger partial charge in [-0.05, 0) is 24.6 Å². The number of thiophene rings is 1. The summed E-state index contributed by atoms with van der Waals surface area (Å²) in [5.41, 5.74) is 2.28. The van der Waals surface area contributed by atoms with Gasteiger partial charge in [0.15, 0.2) is 0 Å². The number of hydrogen-bond acceptors (Lipinski definition) is 4. The SMILES string of the molecule is C[C@H](C(=O)Nc1ccccc1)n1cnc2scc(-c3ccccc3)c2c1=O. The highest BCUT2D eigenvalue weighted by Gasteiger charge is 2.20. The lowest BCUT2D eigenvalue weighted by Gasteiger charge is -2.15. The van der Waals surface area contributed by atoms with Gasteiger partial charge in [0.05, 0.1) is 11.7 Å². The minimum Gasteiger partial charge on any atom is -0.324 e. The van der Waals surface area contributed by atoms with Gasteiger partial charge in [-0.1, -0.05) is 48.5 Å². The van der Waals surface area contributed by atoms with Gasteiger partial charge in [0.2, 0.25) is 5.91 Å². The summed E-state index contributed by atoms with van der Waals surface area (Å²) in [5.74, 6) is -0.263. The molecule has 1 atom stereocenters. The van der Waals surface area contributed by atoms with Crippen LogP contribution in [0.4, 0.5) is 5.69 Å². The van der Waals surface area contributed by atoms with Crippen LogP contribution < -0.4 is 10.9 Å². The first-order valence-electron chi connectivity index (χ1n) is 8.55. The van der Waals surface area contributed by atoms with Crippen LogP contribution in [0.15, 0.2) is 77.2 Å². The molecule has 6 heteroatoms. The molecule has 2 aromatic heterocycles. The molecule has 2 heterocycles. The molecule has 27 heavy (non-hydrogen) atoms. The first kappa shape index (κ1) is 17.2. The highest BCUT2D eigenvalue weighted by atomic mass is 32.1. The van der Waals surface area contributed by atoms with Crippen molar-refractivity contribution in [1.82, 2.24) is 9.55 Å². The van der Waals surface area contributed by atoms with Crippen LogP contribution in [0.5, 0.6) is 0 Å². The van der Waals surface area contributed by atoms with Crippen molar-refractivity contribution < 1.29 is 4.79 Å². The Balaban J connectivity index is 1.73. The Morgan fingerprint density at radius 1 is 1.07 bits per heavy atom. The summed E-state index contributed by atoms with van der Waals surface area (Å²) >= 11 is 1.43. The monoisotopic (exact) mass is 375 g/mol. The Morgan fingerprint density at radius 2 is 1.74 bits per heavy atom. The summed E-state index contributed by atoms with van der Waals surface area (Å²) in [5, 5.41) is 5.32. The number of aromatic nitrogens is 2. The van der Waals surface area contributed by atoms with Crippen LogP contribution in [0.3, 0.4) is 0 Å². The van der Waals surface area contributed by atoms with Gasteiger partial charge in [0.25, 0.3) is 5.56 Å². The van der Waals surface area contributed by atoms with Gasteiger partial charge in [-0.25, -0.2) is 4.98 Å². The molecular formula is C21H17N3O2S. The lowest BCUT2D eigenvalue weighted by molar-refractivity contribution is -0.118. The van der Waals surface area contributed by atoms with Crippen LogP contribution in [0.2, 0.25) is 0 Å². The number of para-hydroxylation sites is 1. The summed E-state index contributed by atoms with van der Waals surface area (Å²) < 4.78 is 1.39. The van der Waals surface area contributed by atoms with Crippen LogP contribution in [0.1, 0.15) is 13.0 Å². The molecule has 0 aliphatic heterocycles. The fourth-order valence-corrected chi connectivity index (χ4v) is 3.85. The molecule has 0 unspecified atom stereocenters. The highest BCUT2D eigenvalue weighted by Crippen LogP contribution is 2.30. The molecule has 134 valence electrons. The molecule has 0 aliphatic rings. The zero-order valence-electron chi connectivity index (χ0n) is 14.6. The predicted molar refractivity (Wildman–Crippen MR) is 109 cm³/mol. The maximum atomic E-state index is 13.1. The quantitative estimate of drug-likeness (QED) is 0.578. The van der Waals surface area contributed by atoms with Crippen LogP contribution in [-0.2, 0) is 4.79 Å². The molecular weight excluding hydrogens is 358 g/mol. The van der Waals surface area contributed by atoms with Crippen molar-refractivity contribution in [3.63, 3.8) is 0 Å². The van der Waals surface area contributed by atoms with E-state index in [2.05, 4.69) is 10.3 Å². The van der Waals surface area contributed by atoms with E-state index in [1.807, 2.05) is 53.9 Å². The zero-order valence-corrected chi connectivity index (χ0v) is 15.4. The number of benzene rings is 2. The fraction of sp³-hybridized carbons (Fsp3) is 0.0952. The van der Waals surface area contributed by atoms with E-state index in [1.54, 1.807) is 19.1 Å².